The Labute approximate surface area is 147 Å². The third-order valence-electron chi connectivity index (χ3n) is 5.07. The summed E-state index contributed by atoms with van der Waals surface area (Å²) in [4.78, 5) is 26.4. The van der Waals surface area contributed by atoms with Crippen LogP contribution in [-0.4, -0.2) is 31.7 Å². The lowest BCUT2D eigenvalue weighted by Gasteiger charge is -2.26. The lowest BCUT2D eigenvalue weighted by atomic mass is 10.0. The first-order valence-corrected chi connectivity index (χ1v) is 8.70. The molecule has 0 saturated carbocycles. The molecule has 1 aliphatic rings. The van der Waals surface area contributed by atoms with Crippen LogP contribution in [0.3, 0.4) is 0 Å². The first-order chi connectivity index (χ1) is 12.0. The highest BCUT2D eigenvalue weighted by Crippen LogP contribution is 2.28. The summed E-state index contributed by atoms with van der Waals surface area (Å²) in [6.07, 6.45) is 3.84. The van der Waals surface area contributed by atoms with Crippen molar-refractivity contribution in [1.82, 2.24) is 14.0 Å². The van der Waals surface area contributed by atoms with E-state index in [0.29, 0.717) is 18.5 Å². The van der Waals surface area contributed by atoms with Crippen LogP contribution in [0.2, 0.25) is 0 Å². The van der Waals surface area contributed by atoms with Gasteiger partial charge in [-0.1, -0.05) is 30.3 Å². The van der Waals surface area contributed by atoms with Crippen LogP contribution in [-0.2, 0) is 20.6 Å². The minimum Gasteiger partial charge on any atom is -0.388 e. The maximum absolute atomic E-state index is 12.4. The second kappa shape index (κ2) is 7.37. The topological polar surface area (TPSA) is 67.5 Å². The molecule has 6 heteroatoms. The van der Waals surface area contributed by atoms with E-state index in [0.717, 1.165) is 29.5 Å². The zero-order chi connectivity index (χ0) is 18.0. The van der Waals surface area contributed by atoms with Gasteiger partial charge in [-0.2, -0.15) is 0 Å². The van der Waals surface area contributed by atoms with Gasteiger partial charge in [0.25, 0.3) is 5.56 Å². The van der Waals surface area contributed by atoms with Gasteiger partial charge < -0.3 is 9.67 Å². The SMILES string of the molecule is Cn1cc(CN2CCC[C@@H]2C[C@H](O)c2ccccc2)c(=O)n(C)c1=O. The summed E-state index contributed by atoms with van der Waals surface area (Å²) in [6, 6.07) is 9.91. The minimum absolute atomic E-state index is 0.233. The molecule has 1 aromatic carbocycles. The van der Waals surface area contributed by atoms with Gasteiger partial charge in [-0.15, -0.1) is 0 Å². The molecule has 2 aromatic rings. The van der Waals surface area contributed by atoms with Crippen molar-refractivity contribution in [2.24, 2.45) is 14.1 Å². The highest BCUT2D eigenvalue weighted by Gasteiger charge is 2.28. The molecule has 0 aliphatic carbocycles. The molecule has 3 rings (SSSR count). The third kappa shape index (κ3) is 3.75. The Morgan fingerprint density at radius 3 is 2.64 bits per heavy atom. The van der Waals surface area contributed by atoms with E-state index in [2.05, 4.69) is 4.90 Å². The summed E-state index contributed by atoms with van der Waals surface area (Å²) in [5.41, 5.74) is 0.988. The van der Waals surface area contributed by atoms with Crippen molar-refractivity contribution < 1.29 is 5.11 Å². The van der Waals surface area contributed by atoms with Crippen LogP contribution in [0.4, 0.5) is 0 Å². The van der Waals surface area contributed by atoms with Gasteiger partial charge in [0, 0.05) is 38.4 Å². The Balaban J connectivity index is 1.75. The Bertz CT molecular complexity index is 841. The molecule has 0 radical (unpaired) electrons. The van der Waals surface area contributed by atoms with E-state index in [9.17, 15) is 14.7 Å². The lowest BCUT2D eigenvalue weighted by Crippen LogP contribution is -2.41. The summed E-state index contributed by atoms with van der Waals surface area (Å²) < 4.78 is 2.60. The van der Waals surface area contributed by atoms with Crippen molar-refractivity contribution >= 4 is 0 Å². The van der Waals surface area contributed by atoms with Crippen LogP contribution in [0, 0.1) is 0 Å². The number of nitrogens with zero attached hydrogens (tertiary/aromatic N) is 3. The molecule has 1 aromatic heterocycles. The molecule has 0 amide bonds. The minimum atomic E-state index is -0.505. The van der Waals surface area contributed by atoms with Crippen LogP contribution >= 0.6 is 0 Å². The molecule has 0 unspecified atom stereocenters. The number of rotatable bonds is 5. The van der Waals surface area contributed by atoms with E-state index in [4.69, 9.17) is 0 Å². The number of benzene rings is 1. The fraction of sp³-hybridized carbons (Fsp3) is 0.474. The molecule has 6 nitrogen and oxygen atoms in total. The zero-order valence-electron chi connectivity index (χ0n) is 14.8. The number of aryl methyl sites for hydroxylation is 1. The Hall–Kier alpha value is -2.18. The van der Waals surface area contributed by atoms with Crippen LogP contribution < -0.4 is 11.2 Å². The Morgan fingerprint density at radius 2 is 1.92 bits per heavy atom. The van der Waals surface area contributed by atoms with Gasteiger partial charge in [0.15, 0.2) is 0 Å². The van der Waals surface area contributed by atoms with Crippen molar-refractivity contribution in [3.8, 4) is 0 Å². The first kappa shape index (κ1) is 17.6. The van der Waals surface area contributed by atoms with Gasteiger partial charge >= 0.3 is 5.69 Å². The molecular formula is C19H25N3O3. The van der Waals surface area contributed by atoms with E-state index in [-0.39, 0.29) is 17.3 Å². The van der Waals surface area contributed by atoms with Gasteiger partial charge in [0.2, 0.25) is 0 Å². The van der Waals surface area contributed by atoms with E-state index in [1.165, 1.54) is 11.6 Å². The van der Waals surface area contributed by atoms with Gasteiger partial charge in [0.1, 0.15) is 0 Å². The molecule has 2 atom stereocenters. The highest BCUT2D eigenvalue weighted by molar-refractivity contribution is 5.17. The van der Waals surface area contributed by atoms with Gasteiger partial charge in [0.05, 0.1) is 6.10 Å². The van der Waals surface area contributed by atoms with Gasteiger partial charge in [-0.3, -0.25) is 14.3 Å². The molecule has 2 heterocycles. The fourth-order valence-electron chi connectivity index (χ4n) is 3.65. The van der Waals surface area contributed by atoms with Crippen molar-refractivity contribution in [2.75, 3.05) is 6.54 Å². The average molecular weight is 343 g/mol. The number of likely N-dealkylation sites (tertiary alicyclic amines) is 1. The number of aromatic nitrogens is 2. The largest absolute Gasteiger partial charge is 0.388 e. The third-order valence-corrected chi connectivity index (χ3v) is 5.07. The van der Waals surface area contributed by atoms with Gasteiger partial charge in [-0.25, -0.2) is 4.79 Å². The summed E-state index contributed by atoms with van der Waals surface area (Å²) in [5, 5.41) is 10.5. The fourth-order valence-corrected chi connectivity index (χ4v) is 3.65. The first-order valence-electron chi connectivity index (χ1n) is 8.70. The lowest BCUT2D eigenvalue weighted by molar-refractivity contribution is 0.117. The summed E-state index contributed by atoms with van der Waals surface area (Å²) >= 11 is 0. The van der Waals surface area contributed by atoms with E-state index in [1.807, 2.05) is 30.3 Å². The second-order valence-corrected chi connectivity index (χ2v) is 6.84. The second-order valence-electron chi connectivity index (χ2n) is 6.84. The number of aliphatic hydroxyl groups excluding tert-OH is 1. The van der Waals surface area contributed by atoms with Crippen molar-refractivity contribution in [1.29, 1.82) is 0 Å². The van der Waals surface area contributed by atoms with E-state index >= 15 is 0 Å². The van der Waals surface area contributed by atoms with E-state index < -0.39 is 6.10 Å². The molecule has 0 spiro atoms. The molecule has 1 aliphatic heterocycles. The predicted molar refractivity (Wildman–Crippen MR) is 96.4 cm³/mol. The van der Waals surface area contributed by atoms with Crippen LogP contribution in [0.1, 0.15) is 36.5 Å². The standard InChI is InChI=1S/C19H25N3O3/c1-20-12-15(18(24)21(2)19(20)25)13-22-10-6-9-16(22)11-17(23)14-7-4-3-5-8-14/h3-5,7-8,12,16-17,23H,6,9-11,13H2,1-2H3/t16-,17+/m1/s1. The predicted octanol–water partition coefficient (Wildman–Crippen LogP) is 1.17. The quantitative estimate of drug-likeness (QED) is 0.885. The summed E-state index contributed by atoms with van der Waals surface area (Å²) in [6.45, 7) is 1.41. The maximum Gasteiger partial charge on any atom is 0.330 e. The Kier molecular flexibility index (Phi) is 5.20. The number of hydrogen-bond acceptors (Lipinski definition) is 4. The normalized spacial score (nSPS) is 19.2. The molecule has 1 saturated heterocycles. The van der Waals surface area contributed by atoms with Crippen LogP contribution in [0.25, 0.3) is 0 Å². The van der Waals surface area contributed by atoms with Crippen LogP contribution in [0.5, 0.6) is 0 Å². The summed E-state index contributed by atoms with van der Waals surface area (Å²) in [7, 11) is 3.17. The van der Waals surface area contributed by atoms with Crippen molar-refractivity contribution in [3.63, 3.8) is 0 Å². The van der Waals surface area contributed by atoms with Crippen molar-refractivity contribution in [2.45, 2.75) is 38.0 Å². The number of hydrogen-bond donors (Lipinski definition) is 1. The molecule has 1 N–H and O–H groups in total. The zero-order valence-corrected chi connectivity index (χ0v) is 14.8. The maximum atomic E-state index is 12.4. The molecule has 25 heavy (non-hydrogen) atoms. The Morgan fingerprint density at radius 1 is 1.20 bits per heavy atom. The highest BCUT2D eigenvalue weighted by atomic mass is 16.3. The molecule has 1 fully saturated rings. The molecule has 0 bridgehead atoms. The van der Waals surface area contributed by atoms with Crippen LogP contribution in [0.15, 0.2) is 46.1 Å². The number of aliphatic hydroxyl groups is 1. The average Bonchev–Trinajstić information content (AvgIpc) is 3.05. The molecule has 134 valence electrons. The molecular weight excluding hydrogens is 318 g/mol. The van der Waals surface area contributed by atoms with E-state index in [1.54, 1.807) is 13.2 Å². The van der Waals surface area contributed by atoms with Gasteiger partial charge in [-0.05, 0) is 31.4 Å². The monoisotopic (exact) mass is 343 g/mol. The van der Waals surface area contributed by atoms with Crippen molar-refractivity contribution in [3.05, 3.63) is 68.5 Å². The summed E-state index contributed by atoms with van der Waals surface area (Å²) in [5.74, 6) is 0. The smallest absolute Gasteiger partial charge is 0.330 e.